The lowest BCUT2D eigenvalue weighted by Crippen LogP contribution is -2.56. The van der Waals surface area contributed by atoms with Crippen LogP contribution in [0, 0.1) is 11.8 Å². The maximum atomic E-state index is 12.7. The first-order valence-corrected chi connectivity index (χ1v) is 10.3. The number of carbonyl (C=O) groups is 3. The van der Waals surface area contributed by atoms with Crippen LogP contribution < -0.4 is 10.6 Å². The zero-order valence-electron chi connectivity index (χ0n) is 16.5. The van der Waals surface area contributed by atoms with Crippen LogP contribution in [0.3, 0.4) is 0 Å². The number of benzene rings is 1. The second-order valence-electron chi connectivity index (χ2n) is 8.27. The third-order valence-electron chi connectivity index (χ3n) is 5.87. The summed E-state index contributed by atoms with van der Waals surface area (Å²) in [5, 5.41) is 5.96. The lowest BCUT2D eigenvalue weighted by atomic mass is 9.74. The molecule has 2 saturated heterocycles. The van der Waals surface area contributed by atoms with Crippen molar-refractivity contribution in [2.75, 3.05) is 13.1 Å². The van der Waals surface area contributed by atoms with Crippen molar-refractivity contribution in [1.29, 1.82) is 0 Å². The number of urea groups is 1. The van der Waals surface area contributed by atoms with E-state index in [0.717, 1.165) is 12.0 Å². The molecule has 4 amide bonds. The van der Waals surface area contributed by atoms with E-state index in [9.17, 15) is 14.4 Å². The summed E-state index contributed by atoms with van der Waals surface area (Å²) in [5.41, 5.74) is 0.0548. The minimum Gasteiger partial charge on any atom is -0.342 e. The van der Waals surface area contributed by atoms with E-state index in [1.807, 2.05) is 23.1 Å². The molecule has 2 fully saturated rings. The van der Waals surface area contributed by atoms with Gasteiger partial charge in [-0.3, -0.25) is 14.9 Å². The Balaban J connectivity index is 1.63. The number of nitrogens with zero attached hydrogens (tertiary/aromatic N) is 1. The van der Waals surface area contributed by atoms with Crippen molar-refractivity contribution in [2.24, 2.45) is 11.8 Å². The fraction of sp³-hybridized carbons (Fsp3) is 0.571. The summed E-state index contributed by atoms with van der Waals surface area (Å²) in [6.07, 6.45) is 3.21. The zero-order chi connectivity index (χ0) is 20.3. The molecule has 1 unspecified atom stereocenters. The molecule has 0 radical (unpaired) electrons. The fourth-order valence-corrected chi connectivity index (χ4v) is 4.46. The van der Waals surface area contributed by atoms with Gasteiger partial charge < -0.3 is 10.2 Å². The maximum absolute atomic E-state index is 12.7. The maximum Gasteiger partial charge on any atom is 0.322 e. The van der Waals surface area contributed by atoms with Gasteiger partial charge in [0.05, 0.1) is 6.42 Å². The van der Waals surface area contributed by atoms with Gasteiger partial charge in [-0.1, -0.05) is 37.6 Å². The minimum atomic E-state index is -0.844. The highest BCUT2D eigenvalue weighted by molar-refractivity contribution is 6.30. The van der Waals surface area contributed by atoms with Gasteiger partial charge >= 0.3 is 6.03 Å². The molecular formula is C21H28ClN3O3. The Morgan fingerprint density at radius 1 is 1.29 bits per heavy atom. The number of carbonyl (C=O) groups excluding carboxylic acids is 3. The van der Waals surface area contributed by atoms with Gasteiger partial charge in [0.2, 0.25) is 5.91 Å². The Labute approximate surface area is 171 Å². The second-order valence-corrected chi connectivity index (χ2v) is 8.71. The van der Waals surface area contributed by atoms with Crippen LogP contribution in [-0.4, -0.2) is 41.4 Å². The van der Waals surface area contributed by atoms with E-state index in [-0.39, 0.29) is 17.7 Å². The van der Waals surface area contributed by atoms with Gasteiger partial charge in [-0.2, -0.15) is 0 Å². The molecule has 0 bridgehead atoms. The lowest BCUT2D eigenvalue weighted by molar-refractivity contribution is -0.133. The van der Waals surface area contributed by atoms with Crippen molar-refractivity contribution in [1.82, 2.24) is 15.5 Å². The molecule has 0 spiro atoms. The summed E-state index contributed by atoms with van der Waals surface area (Å²) in [7, 11) is 0. The minimum absolute atomic E-state index is 0.0351. The van der Waals surface area contributed by atoms with E-state index in [2.05, 4.69) is 24.5 Å². The molecule has 6 nitrogen and oxygen atoms in total. The highest BCUT2D eigenvalue weighted by atomic mass is 35.5. The molecule has 2 aliphatic heterocycles. The predicted molar refractivity (Wildman–Crippen MR) is 108 cm³/mol. The lowest BCUT2D eigenvalue weighted by Gasteiger charge is -2.41. The summed E-state index contributed by atoms with van der Waals surface area (Å²) in [4.78, 5) is 39.0. The van der Waals surface area contributed by atoms with Crippen LogP contribution in [0.2, 0.25) is 5.02 Å². The van der Waals surface area contributed by atoms with E-state index in [1.54, 1.807) is 6.07 Å². The van der Waals surface area contributed by atoms with Gasteiger partial charge in [0.25, 0.3) is 5.91 Å². The highest BCUT2D eigenvalue weighted by Crippen LogP contribution is 2.35. The number of halogens is 1. The van der Waals surface area contributed by atoms with Crippen molar-refractivity contribution in [3.63, 3.8) is 0 Å². The number of amides is 4. The summed E-state index contributed by atoms with van der Waals surface area (Å²) < 4.78 is 0. The average molecular weight is 406 g/mol. The Hall–Kier alpha value is -2.08. The van der Waals surface area contributed by atoms with Gasteiger partial charge in [-0.05, 0) is 55.2 Å². The number of nitrogens with one attached hydrogen (secondary N) is 2. The van der Waals surface area contributed by atoms with E-state index in [4.69, 9.17) is 11.6 Å². The Kier molecular flexibility index (Phi) is 6.28. The van der Waals surface area contributed by atoms with Crippen molar-refractivity contribution >= 4 is 29.4 Å². The molecule has 1 aromatic rings. The molecule has 1 aromatic carbocycles. The molecule has 0 aliphatic carbocycles. The second kappa shape index (κ2) is 8.52. The van der Waals surface area contributed by atoms with Gasteiger partial charge in [0, 0.05) is 18.1 Å². The number of hydrogen-bond donors (Lipinski definition) is 2. The highest BCUT2D eigenvalue weighted by Gasteiger charge is 2.51. The van der Waals surface area contributed by atoms with Crippen molar-refractivity contribution in [3.05, 3.63) is 34.9 Å². The molecule has 2 aliphatic rings. The first-order valence-electron chi connectivity index (χ1n) is 9.96. The molecule has 0 saturated carbocycles. The monoisotopic (exact) mass is 405 g/mol. The van der Waals surface area contributed by atoms with E-state index < -0.39 is 11.6 Å². The number of hydrogen-bond acceptors (Lipinski definition) is 3. The number of piperidine rings is 1. The quantitative estimate of drug-likeness (QED) is 0.713. The Morgan fingerprint density at radius 3 is 2.57 bits per heavy atom. The number of imide groups is 1. The average Bonchev–Trinajstić information content (AvgIpc) is 2.94. The van der Waals surface area contributed by atoms with Crippen LogP contribution >= 0.6 is 11.6 Å². The number of rotatable bonds is 6. The Morgan fingerprint density at radius 2 is 2.00 bits per heavy atom. The molecule has 0 aromatic heterocycles. The van der Waals surface area contributed by atoms with E-state index >= 15 is 0 Å². The van der Waals surface area contributed by atoms with Crippen LogP contribution in [0.5, 0.6) is 0 Å². The topological polar surface area (TPSA) is 78.5 Å². The Bertz CT molecular complexity index is 759. The standard InChI is InChI=1S/C21H28ClN3O3/c1-14(2)6-9-21(19(27)23-20(28)24-21)16-7-10-25(11-8-16)18(26)13-15-4-3-5-17(22)12-15/h3-5,12,14,16H,6-11,13H2,1-2H3,(H2,23,24,27,28). The van der Waals surface area contributed by atoms with Gasteiger partial charge in [-0.15, -0.1) is 0 Å². The van der Waals surface area contributed by atoms with Crippen molar-refractivity contribution in [2.45, 2.75) is 51.5 Å². The van der Waals surface area contributed by atoms with E-state index in [1.165, 1.54) is 0 Å². The van der Waals surface area contributed by atoms with Crippen LogP contribution in [0.4, 0.5) is 4.79 Å². The summed E-state index contributed by atoms with van der Waals surface area (Å²) in [5.74, 6) is 0.327. The molecule has 3 rings (SSSR count). The molecule has 2 N–H and O–H groups in total. The fourth-order valence-electron chi connectivity index (χ4n) is 4.24. The predicted octanol–water partition coefficient (Wildman–Crippen LogP) is 3.14. The summed E-state index contributed by atoms with van der Waals surface area (Å²) in [6, 6.07) is 6.94. The van der Waals surface area contributed by atoms with Crippen LogP contribution in [0.25, 0.3) is 0 Å². The van der Waals surface area contributed by atoms with Crippen LogP contribution in [0.15, 0.2) is 24.3 Å². The van der Waals surface area contributed by atoms with Crippen molar-refractivity contribution < 1.29 is 14.4 Å². The first kappa shape index (κ1) is 20.6. The van der Waals surface area contributed by atoms with E-state index in [0.29, 0.717) is 49.7 Å². The summed E-state index contributed by atoms with van der Waals surface area (Å²) in [6.45, 7) is 5.41. The molecular weight excluding hydrogens is 378 g/mol. The largest absolute Gasteiger partial charge is 0.342 e. The van der Waals surface area contributed by atoms with Crippen LogP contribution in [-0.2, 0) is 16.0 Å². The van der Waals surface area contributed by atoms with Crippen LogP contribution in [0.1, 0.15) is 45.1 Å². The third-order valence-corrected chi connectivity index (χ3v) is 6.11. The van der Waals surface area contributed by atoms with Crippen molar-refractivity contribution in [3.8, 4) is 0 Å². The molecule has 152 valence electrons. The smallest absolute Gasteiger partial charge is 0.322 e. The number of likely N-dealkylation sites (tertiary alicyclic amines) is 1. The molecule has 2 heterocycles. The first-order chi connectivity index (χ1) is 13.3. The summed E-state index contributed by atoms with van der Waals surface area (Å²) >= 11 is 6.00. The molecule has 7 heteroatoms. The molecule has 1 atom stereocenters. The van der Waals surface area contributed by atoms with Gasteiger partial charge in [0.1, 0.15) is 5.54 Å². The molecule has 28 heavy (non-hydrogen) atoms. The SMILES string of the molecule is CC(C)CCC1(C2CCN(C(=O)Cc3cccc(Cl)c3)CC2)NC(=O)NC1=O. The normalized spacial score (nSPS) is 23.1. The third kappa shape index (κ3) is 4.49. The van der Waals surface area contributed by atoms with Gasteiger partial charge in [-0.25, -0.2) is 4.79 Å². The van der Waals surface area contributed by atoms with Gasteiger partial charge in [0.15, 0.2) is 0 Å². The zero-order valence-corrected chi connectivity index (χ0v) is 17.2.